The second-order valence-electron chi connectivity index (χ2n) is 3.41. The molecule has 4 rings (SSSR count). The molecule has 0 aliphatic rings. The summed E-state index contributed by atoms with van der Waals surface area (Å²) >= 11 is 1.60. The van der Waals surface area contributed by atoms with E-state index in [0.29, 0.717) is 0 Å². The van der Waals surface area contributed by atoms with Crippen LogP contribution in [0.2, 0.25) is 0 Å². The molecule has 0 unspecified atom stereocenters. The van der Waals surface area contributed by atoms with Crippen LogP contribution in [0.4, 0.5) is 0 Å². The predicted molar refractivity (Wildman–Crippen MR) is 61.5 cm³/mol. The van der Waals surface area contributed by atoms with Gasteiger partial charge in [-0.2, -0.15) is 5.10 Å². The molecule has 0 amide bonds. The first kappa shape index (κ1) is 8.12. The van der Waals surface area contributed by atoms with Crippen molar-refractivity contribution in [3.63, 3.8) is 0 Å². The van der Waals surface area contributed by atoms with Crippen LogP contribution in [0.15, 0.2) is 31.0 Å². The summed E-state index contributed by atoms with van der Waals surface area (Å²) in [6, 6.07) is 3.95. The van der Waals surface area contributed by atoms with Gasteiger partial charge in [0.25, 0.3) is 0 Å². The maximum atomic E-state index is 4.40. The highest BCUT2D eigenvalue weighted by atomic mass is 32.1. The van der Waals surface area contributed by atoms with Crippen molar-refractivity contribution in [2.75, 3.05) is 0 Å². The van der Waals surface area contributed by atoms with Gasteiger partial charge >= 0.3 is 0 Å². The van der Waals surface area contributed by atoms with Gasteiger partial charge in [-0.3, -0.25) is 0 Å². The minimum atomic E-state index is 0.841. The lowest BCUT2D eigenvalue weighted by molar-refractivity contribution is 0.936. The van der Waals surface area contributed by atoms with Gasteiger partial charge in [-0.05, 0) is 12.1 Å². The first-order valence-corrected chi connectivity index (χ1v) is 5.57. The average molecular weight is 227 g/mol. The molecular formula is C10H5N5S. The van der Waals surface area contributed by atoms with Crippen LogP contribution >= 0.6 is 11.3 Å². The van der Waals surface area contributed by atoms with E-state index >= 15 is 0 Å². The zero-order valence-corrected chi connectivity index (χ0v) is 8.85. The van der Waals surface area contributed by atoms with Crippen molar-refractivity contribution in [1.29, 1.82) is 0 Å². The summed E-state index contributed by atoms with van der Waals surface area (Å²) in [5.74, 6) is 0. The molecule has 0 bridgehead atoms. The van der Waals surface area contributed by atoms with E-state index in [9.17, 15) is 0 Å². The van der Waals surface area contributed by atoms with Crippen LogP contribution in [-0.2, 0) is 0 Å². The minimum Gasteiger partial charge on any atom is -0.245 e. The highest BCUT2D eigenvalue weighted by Crippen LogP contribution is 2.32. The molecule has 0 atom stereocenters. The summed E-state index contributed by atoms with van der Waals surface area (Å²) in [7, 11) is 0. The lowest BCUT2D eigenvalue weighted by atomic mass is 10.3. The fourth-order valence-electron chi connectivity index (χ4n) is 1.81. The molecule has 0 radical (unpaired) electrons. The molecule has 0 saturated carbocycles. The fraction of sp³-hybridized carbons (Fsp3) is 0. The molecule has 76 valence electrons. The van der Waals surface area contributed by atoms with Crippen molar-refractivity contribution in [1.82, 2.24) is 24.6 Å². The minimum absolute atomic E-state index is 0.841. The maximum absolute atomic E-state index is 4.40. The maximum Gasteiger partial charge on any atom is 0.176 e. The summed E-state index contributed by atoms with van der Waals surface area (Å²) in [5, 5.41) is 5.15. The molecule has 0 spiro atoms. The van der Waals surface area contributed by atoms with E-state index in [1.54, 1.807) is 28.4 Å². The third-order valence-electron chi connectivity index (χ3n) is 2.51. The van der Waals surface area contributed by atoms with Gasteiger partial charge in [0.2, 0.25) is 0 Å². The van der Waals surface area contributed by atoms with Gasteiger partial charge in [-0.25, -0.2) is 19.5 Å². The third-order valence-corrected chi connectivity index (χ3v) is 3.61. The molecule has 16 heavy (non-hydrogen) atoms. The van der Waals surface area contributed by atoms with E-state index < -0.39 is 0 Å². The molecule has 0 N–H and O–H groups in total. The number of hydrogen-bond donors (Lipinski definition) is 0. The SMILES string of the molecule is c1cnc2sc3c(ncn4ncnc34)c2c1. The summed E-state index contributed by atoms with van der Waals surface area (Å²) in [6.45, 7) is 0. The van der Waals surface area contributed by atoms with Gasteiger partial charge in [0.05, 0.1) is 5.52 Å². The molecular weight excluding hydrogens is 222 g/mol. The Kier molecular flexibility index (Phi) is 1.39. The van der Waals surface area contributed by atoms with Crippen molar-refractivity contribution in [3.05, 3.63) is 31.0 Å². The number of aromatic nitrogens is 5. The van der Waals surface area contributed by atoms with E-state index in [1.807, 2.05) is 12.1 Å². The van der Waals surface area contributed by atoms with Crippen molar-refractivity contribution in [2.45, 2.75) is 0 Å². The molecule has 5 nitrogen and oxygen atoms in total. The third kappa shape index (κ3) is 0.892. The van der Waals surface area contributed by atoms with Crippen LogP contribution in [0.25, 0.3) is 26.1 Å². The van der Waals surface area contributed by atoms with Gasteiger partial charge < -0.3 is 0 Å². The van der Waals surface area contributed by atoms with E-state index in [0.717, 1.165) is 26.1 Å². The number of hydrogen-bond acceptors (Lipinski definition) is 5. The number of pyridine rings is 1. The summed E-state index contributed by atoms with van der Waals surface area (Å²) in [4.78, 5) is 14.0. The van der Waals surface area contributed by atoms with E-state index in [1.165, 1.54) is 6.33 Å². The van der Waals surface area contributed by atoms with E-state index in [-0.39, 0.29) is 0 Å². The smallest absolute Gasteiger partial charge is 0.176 e. The number of rotatable bonds is 0. The Labute approximate surface area is 93.4 Å². The Bertz CT molecular complexity index is 816. The molecule has 0 aliphatic carbocycles. The fourth-order valence-corrected chi connectivity index (χ4v) is 2.89. The van der Waals surface area contributed by atoms with Crippen molar-refractivity contribution in [3.8, 4) is 0 Å². The van der Waals surface area contributed by atoms with Gasteiger partial charge in [0.1, 0.15) is 22.2 Å². The Morgan fingerprint density at radius 3 is 3.19 bits per heavy atom. The average Bonchev–Trinajstić information content (AvgIpc) is 2.92. The van der Waals surface area contributed by atoms with Gasteiger partial charge in [0.15, 0.2) is 5.65 Å². The molecule has 4 aromatic rings. The van der Waals surface area contributed by atoms with Crippen molar-refractivity contribution >= 4 is 37.4 Å². The van der Waals surface area contributed by atoms with Crippen molar-refractivity contribution in [2.24, 2.45) is 0 Å². The zero-order valence-electron chi connectivity index (χ0n) is 8.03. The molecule has 4 aromatic heterocycles. The van der Waals surface area contributed by atoms with Gasteiger partial charge in [-0.15, -0.1) is 11.3 Å². The lowest BCUT2D eigenvalue weighted by Gasteiger charge is -1.91. The van der Waals surface area contributed by atoms with Crippen LogP contribution < -0.4 is 0 Å². The van der Waals surface area contributed by atoms with Crippen molar-refractivity contribution < 1.29 is 0 Å². The van der Waals surface area contributed by atoms with Crippen LogP contribution in [0, 0.1) is 0 Å². The molecule has 0 saturated heterocycles. The Morgan fingerprint density at radius 2 is 2.19 bits per heavy atom. The van der Waals surface area contributed by atoms with E-state index in [4.69, 9.17) is 0 Å². The zero-order chi connectivity index (χ0) is 10.5. The van der Waals surface area contributed by atoms with Crippen LogP contribution in [0.5, 0.6) is 0 Å². The standard InChI is InChI=1S/C10H5N5S/c1-2-6-7-8(16-10(6)11-3-1)9-12-4-14-15(9)5-13-7/h1-5H. The highest BCUT2D eigenvalue weighted by molar-refractivity contribution is 7.26. The largest absolute Gasteiger partial charge is 0.245 e. The highest BCUT2D eigenvalue weighted by Gasteiger charge is 2.11. The topological polar surface area (TPSA) is 56.0 Å². The normalized spacial score (nSPS) is 11.8. The molecule has 0 aliphatic heterocycles. The van der Waals surface area contributed by atoms with Gasteiger partial charge in [-0.1, -0.05) is 0 Å². The summed E-state index contributed by atoms with van der Waals surface area (Å²) in [5.41, 5.74) is 1.79. The molecule has 4 heterocycles. The molecule has 0 fully saturated rings. The molecule has 0 aromatic carbocycles. The Balaban J connectivity index is 2.38. The first-order chi connectivity index (χ1) is 7.93. The lowest BCUT2D eigenvalue weighted by Crippen LogP contribution is -1.88. The first-order valence-electron chi connectivity index (χ1n) is 4.75. The van der Waals surface area contributed by atoms with Crippen LogP contribution in [-0.4, -0.2) is 24.6 Å². The second kappa shape index (κ2) is 2.73. The van der Waals surface area contributed by atoms with Crippen LogP contribution in [0.3, 0.4) is 0 Å². The quantitative estimate of drug-likeness (QED) is 0.460. The van der Waals surface area contributed by atoms with Crippen LogP contribution in [0.1, 0.15) is 0 Å². The summed E-state index contributed by atoms with van der Waals surface area (Å²) in [6.07, 6.45) is 5.01. The Hall–Kier alpha value is -2.08. The monoisotopic (exact) mass is 227 g/mol. The molecule has 6 heteroatoms. The number of nitrogens with zero attached hydrogens (tertiary/aromatic N) is 5. The number of fused-ring (bicyclic) bond motifs is 5. The van der Waals surface area contributed by atoms with E-state index in [2.05, 4.69) is 20.1 Å². The Morgan fingerprint density at radius 1 is 1.19 bits per heavy atom. The number of thiophene rings is 1. The van der Waals surface area contributed by atoms with Gasteiger partial charge in [0, 0.05) is 11.6 Å². The predicted octanol–water partition coefficient (Wildman–Crippen LogP) is 1.89. The second-order valence-corrected chi connectivity index (χ2v) is 4.41. The summed E-state index contributed by atoms with van der Waals surface area (Å²) < 4.78 is 2.71.